The number of aliphatic hydroxyl groups excluding tert-OH is 5. The average molecular weight is 1010 g/mol. The van der Waals surface area contributed by atoms with Crippen LogP contribution in [0.25, 0.3) is 0 Å². The molecule has 0 aliphatic carbocycles. The van der Waals surface area contributed by atoms with Gasteiger partial charge in [0.1, 0.15) is 24.4 Å². The highest BCUT2D eigenvalue weighted by Crippen LogP contribution is 2.26. The number of aliphatic hydroxyl groups is 5. The van der Waals surface area contributed by atoms with E-state index in [9.17, 15) is 35.1 Å². The minimum Gasteiger partial charge on any atom is -0.454 e. The zero-order valence-corrected chi connectivity index (χ0v) is 45.9. The molecule has 0 saturated carbocycles. The SMILES string of the molecule is CCCCC/C=C\C/C=C\CCCCCCCCCC(=O)OC1C(OCC(NC(=O)C(O)CCCCCCCCCCCCCC)C(O)/C=C/CCCCCCCCCCCCC)OC(CO)C(O)C1O. The monoisotopic (exact) mass is 1010 g/mol. The van der Waals surface area contributed by atoms with E-state index in [1.807, 2.05) is 6.08 Å². The summed E-state index contributed by atoms with van der Waals surface area (Å²) in [5.41, 5.74) is 0. The number of ether oxygens (including phenoxy) is 3. The number of amides is 1. The number of carbonyl (C=O) groups excluding carboxylic acids is 2. The van der Waals surface area contributed by atoms with Crippen LogP contribution in [-0.2, 0) is 23.8 Å². The van der Waals surface area contributed by atoms with Crippen LogP contribution in [0.5, 0.6) is 0 Å². The van der Waals surface area contributed by atoms with Gasteiger partial charge in [-0.25, -0.2) is 0 Å². The van der Waals surface area contributed by atoms with E-state index >= 15 is 0 Å². The predicted molar refractivity (Wildman–Crippen MR) is 292 cm³/mol. The minimum absolute atomic E-state index is 0.117. The number of hydrogen-bond donors (Lipinski definition) is 6. The fourth-order valence-electron chi connectivity index (χ4n) is 9.27. The second kappa shape index (κ2) is 48.8. The maximum absolute atomic E-state index is 13.4. The lowest BCUT2D eigenvalue weighted by atomic mass is 9.99. The molecule has 1 rings (SSSR count). The average Bonchev–Trinajstić information content (AvgIpc) is 3.37. The zero-order chi connectivity index (χ0) is 51.8. The molecule has 1 amide bonds. The second-order valence-electron chi connectivity index (χ2n) is 20.7. The molecule has 11 heteroatoms. The van der Waals surface area contributed by atoms with Crippen molar-refractivity contribution in [3.63, 3.8) is 0 Å². The van der Waals surface area contributed by atoms with Crippen molar-refractivity contribution in [2.75, 3.05) is 13.2 Å². The Bertz CT molecular complexity index is 1290. The molecule has 1 aliphatic heterocycles. The molecular weight excluding hydrogens is 895 g/mol. The van der Waals surface area contributed by atoms with Crippen LogP contribution in [0.1, 0.15) is 271 Å². The largest absolute Gasteiger partial charge is 0.454 e. The normalized spacial score (nSPS) is 19.8. The van der Waals surface area contributed by atoms with Gasteiger partial charge in [-0.1, -0.05) is 243 Å². The molecule has 0 radical (unpaired) electrons. The fourth-order valence-corrected chi connectivity index (χ4v) is 9.27. The highest BCUT2D eigenvalue weighted by Gasteiger charge is 2.47. The van der Waals surface area contributed by atoms with Crippen LogP contribution < -0.4 is 5.32 Å². The summed E-state index contributed by atoms with van der Waals surface area (Å²) in [5.74, 6) is -1.19. The van der Waals surface area contributed by atoms with E-state index in [4.69, 9.17) is 14.2 Å². The van der Waals surface area contributed by atoms with Crippen LogP contribution in [0.4, 0.5) is 0 Å². The Morgan fingerprint density at radius 2 is 0.972 bits per heavy atom. The van der Waals surface area contributed by atoms with E-state index in [0.717, 1.165) is 77.0 Å². The Kier molecular flexibility index (Phi) is 46.0. The highest BCUT2D eigenvalue weighted by molar-refractivity contribution is 5.80. The number of carbonyl (C=O) groups is 2. The lowest BCUT2D eigenvalue weighted by Crippen LogP contribution is -2.61. The lowest BCUT2D eigenvalue weighted by molar-refractivity contribution is -0.305. The van der Waals surface area contributed by atoms with Gasteiger partial charge in [0.25, 0.3) is 0 Å². The smallest absolute Gasteiger partial charge is 0.306 e. The van der Waals surface area contributed by atoms with Crippen molar-refractivity contribution in [2.45, 2.75) is 320 Å². The van der Waals surface area contributed by atoms with Crippen molar-refractivity contribution >= 4 is 11.9 Å². The quantitative estimate of drug-likeness (QED) is 0.0195. The van der Waals surface area contributed by atoms with Gasteiger partial charge in [0.05, 0.1) is 25.4 Å². The van der Waals surface area contributed by atoms with Gasteiger partial charge in [0, 0.05) is 6.42 Å². The highest BCUT2D eigenvalue weighted by atomic mass is 16.7. The van der Waals surface area contributed by atoms with E-state index in [-0.39, 0.29) is 13.0 Å². The van der Waals surface area contributed by atoms with Gasteiger partial charge in [0.2, 0.25) is 5.91 Å². The van der Waals surface area contributed by atoms with E-state index < -0.39 is 67.4 Å². The number of rotatable bonds is 50. The molecule has 8 atom stereocenters. The summed E-state index contributed by atoms with van der Waals surface area (Å²) in [5, 5.41) is 56.8. The Hall–Kier alpha value is -2.12. The number of hydrogen-bond acceptors (Lipinski definition) is 10. The fraction of sp³-hybridized carbons (Fsp3) is 0.867. The van der Waals surface area contributed by atoms with Gasteiger partial charge in [0.15, 0.2) is 12.4 Å². The van der Waals surface area contributed by atoms with E-state index in [0.29, 0.717) is 19.3 Å². The minimum atomic E-state index is -1.61. The molecule has 71 heavy (non-hydrogen) atoms. The van der Waals surface area contributed by atoms with Gasteiger partial charge in [-0.2, -0.15) is 0 Å². The molecule has 0 spiro atoms. The van der Waals surface area contributed by atoms with E-state index in [1.54, 1.807) is 6.08 Å². The maximum atomic E-state index is 13.4. The Balaban J connectivity index is 2.71. The Morgan fingerprint density at radius 1 is 0.549 bits per heavy atom. The zero-order valence-electron chi connectivity index (χ0n) is 45.9. The molecule has 0 aromatic heterocycles. The molecule has 6 N–H and O–H groups in total. The maximum Gasteiger partial charge on any atom is 0.306 e. The summed E-state index contributed by atoms with van der Waals surface area (Å²) in [6.45, 7) is 5.76. The third-order valence-electron chi connectivity index (χ3n) is 14.0. The number of unbranched alkanes of at least 4 members (excludes halogenated alkanes) is 32. The molecule has 1 fully saturated rings. The molecular formula is C60H111NO10. The van der Waals surface area contributed by atoms with Crippen molar-refractivity contribution in [1.82, 2.24) is 5.32 Å². The molecule has 0 aromatic carbocycles. The van der Waals surface area contributed by atoms with Crippen molar-refractivity contribution < 1.29 is 49.3 Å². The van der Waals surface area contributed by atoms with Crippen LogP contribution in [0.15, 0.2) is 36.5 Å². The first-order valence-corrected chi connectivity index (χ1v) is 29.8. The van der Waals surface area contributed by atoms with Gasteiger partial charge >= 0.3 is 5.97 Å². The molecule has 8 unspecified atom stereocenters. The van der Waals surface area contributed by atoms with Gasteiger partial charge in [-0.15, -0.1) is 0 Å². The third-order valence-corrected chi connectivity index (χ3v) is 14.0. The van der Waals surface area contributed by atoms with Crippen molar-refractivity contribution in [2.24, 2.45) is 0 Å². The summed E-state index contributed by atoms with van der Waals surface area (Å²) < 4.78 is 17.6. The number of nitrogens with one attached hydrogen (secondary N) is 1. The van der Waals surface area contributed by atoms with Gasteiger partial charge in [-0.05, 0) is 57.8 Å². The lowest BCUT2D eigenvalue weighted by Gasteiger charge is -2.41. The van der Waals surface area contributed by atoms with Crippen LogP contribution in [0, 0.1) is 0 Å². The van der Waals surface area contributed by atoms with Gasteiger partial charge < -0.3 is 45.1 Å². The summed E-state index contributed by atoms with van der Waals surface area (Å²) in [7, 11) is 0. The number of allylic oxidation sites excluding steroid dienone is 5. The van der Waals surface area contributed by atoms with Crippen LogP contribution in [0.2, 0.25) is 0 Å². The van der Waals surface area contributed by atoms with Crippen LogP contribution in [0.3, 0.4) is 0 Å². The van der Waals surface area contributed by atoms with Crippen molar-refractivity contribution in [1.29, 1.82) is 0 Å². The van der Waals surface area contributed by atoms with E-state index in [1.165, 1.54) is 148 Å². The third kappa shape index (κ3) is 37.3. The standard InChI is InChI=1S/C60H111NO10/c1-4-7-10-13-16-19-22-25-26-27-28-30-33-36-39-42-45-48-55(65)71-58-57(67)56(66)54(49-62)70-60(58)69-50-51(52(63)46-43-40-37-34-32-29-23-20-17-14-11-8-5-2)61-59(68)53(64)47-44-41-38-35-31-24-21-18-15-12-9-6-3/h16,19,25-26,43,46,51-54,56-58,60,62-64,66-67H,4-15,17-18,20-24,27-42,44-45,47-50H2,1-3H3,(H,61,68)/b19-16-,26-25-,46-43+. The summed E-state index contributed by atoms with van der Waals surface area (Å²) in [6.07, 6.45) is 46.1. The first-order chi connectivity index (χ1) is 34.7. The first-order valence-electron chi connectivity index (χ1n) is 29.8. The molecule has 11 nitrogen and oxygen atoms in total. The summed E-state index contributed by atoms with van der Waals surface area (Å²) >= 11 is 0. The topological polar surface area (TPSA) is 175 Å². The molecule has 416 valence electrons. The Morgan fingerprint density at radius 3 is 1.46 bits per heavy atom. The summed E-state index contributed by atoms with van der Waals surface area (Å²) in [4.78, 5) is 26.5. The molecule has 1 saturated heterocycles. The van der Waals surface area contributed by atoms with Crippen molar-refractivity contribution in [3.8, 4) is 0 Å². The van der Waals surface area contributed by atoms with Crippen LogP contribution >= 0.6 is 0 Å². The van der Waals surface area contributed by atoms with Gasteiger partial charge in [-0.3, -0.25) is 9.59 Å². The second-order valence-corrected chi connectivity index (χ2v) is 20.7. The molecule has 1 heterocycles. The Labute approximate surface area is 434 Å². The predicted octanol–water partition coefficient (Wildman–Crippen LogP) is 13.5. The number of esters is 1. The molecule has 1 aliphatic rings. The van der Waals surface area contributed by atoms with Crippen LogP contribution in [-0.4, -0.2) is 99.6 Å². The summed E-state index contributed by atoms with van der Waals surface area (Å²) in [6, 6.07) is -1.02. The van der Waals surface area contributed by atoms with Crippen molar-refractivity contribution in [3.05, 3.63) is 36.5 Å². The van der Waals surface area contributed by atoms with E-state index in [2.05, 4.69) is 50.4 Å². The first kappa shape index (κ1) is 66.9. The molecule has 0 bridgehead atoms. The molecule has 0 aromatic rings.